The van der Waals surface area contributed by atoms with Crippen LogP contribution in [-0.4, -0.2) is 10.9 Å². The molecule has 1 amide bonds. The summed E-state index contributed by atoms with van der Waals surface area (Å²) in [5.74, 6) is 0.923. The summed E-state index contributed by atoms with van der Waals surface area (Å²) in [5, 5.41) is 2.72. The van der Waals surface area contributed by atoms with Crippen molar-refractivity contribution in [2.75, 3.05) is 11.1 Å². The van der Waals surface area contributed by atoms with E-state index in [4.69, 9.17) is 10.2 Å². The van der Waals surface area contributed by atoms with Gasteiger partial charge in [0.15, 0.2) is 0 Å². The van der Waals surface area contributed by atoms with E-state index in [1.54, 1.807) is 12.1 Å². The lowest BCUT2D eigenvalue weighted by Crippen LogP contribution is -2.14. The number of pyridine rings is 1. The number of carbonyl (C=O) groups excluding carboxylic acids is 1. The van der Waals surface area contributed by atoms with E-state index in [1.807, 2.05) is 13.8 Å². The molecule has 2 heterocycles. The summed E-state index contributed by atoms with van der Waals surface area (Å²) < 4.78 is 5.21. The Balaban J connectivity index is 2.19. The monoisotopic (exact) mass is 245 g/mol. The molecule has 5 heteroatoms. The lowest BCUT2D eigenvalue weighted by molar-refractivity contribution is 0.102. The molecule has 0 aromatic carbocycles. The van der Waals surface area contributed by atoms with Gasteiger partial charge in [-0.05, 0) is 24.6 Å². The first kappa shape index (κ1) is 12.2. The van der Waals surface area contributed by atoms with E-state index < -0.39 is 0 Å². The van der Waals surface area contributed by atoms with Crippen LogP contribution >= 0.6 is 0 Å². The van der Waals surface area contributed by atoms with Crippen molar-refractivity contribution in [2.24, 2.45) is 0 Å². The standard InChI is InChI=1S/C13H15N3O2/c1-3-11-9(4-5-18-11)13(17)16-12-6-8(2)10(14)7-15-12/h4-7H,3,14H2,1-2H3,(H,15,16,17). The average Bonchev–Trinajstić information content (AvgIpc) is 2.82. The Kier molecular flexibility index (Phi) is 3.32. The van der Waals surface area contributed by atoms with Gasteiger partial charge in [0.25, 0.3) is 5.91 Å². The van der Waals surface area contributed by atoms with E-state index in [0.717, 1.165) is 5.56 Å². The third kappa shape index (κ3) is 2.34. The number of furan rings is 1. The van der Waals surface area contributed by atoms with Crippen LogP contribution in [0.1, 0.15) is 28.6 Å². The summed E-state index contributed by atoms with van der Waals surface area (Å²) in [7, 11) is 0. The fourth-order valence-corrected chi connectivity index (χ4v) is 1.64. The zero-order valence-corrected chi connectivity index (χ0v) is 10.4. The van der Waals surface area contributed by atoms with E-state index in [-0.39, 0.29) is 5.91 Å². The minimum atomic E-state index is -0.225. The highest BCUT2D eigenvalue weighted by Crippen LogP contribution is 2.16. The maximum absolute atomic E-state index is 12.0. The van der Waals surface area contributed by atoms with Crippen molar-refractivity contribution in [2.45, 2.75) is 20.3 Å². The number of amides is 1. The van der Waals surface area contributed by atoms with Crippen molar-refractivity contribution < 1.29 is 9.21 Å². The van der Waals surface area contributed by atoms with Crippen LogP contribution in [0.25, 0.3) is 0 Å². The molecule has 0 saturated heterocycles. The number of aryl methyl sites for hydroxylation is 2. The highest BCUT2D eigenvalue weighted by Gasteiger charge is 2.13. The smallest absolute Gasteiger partial charge is 0.260 e. The zero-order valence-electron chi connectivity index (χ0n) is 10.4. The third-order valence-corrected chi connectivity index (χ3v) is 2.70. The van der Waals surface area contributed by atoms with Gasteiger partial charge in [-0.2, -0.15) is 0 Å². The first-order chi connectivity index (χ1) is 8.61. The van der Waals surface area contributed by atoms with Crippen LogP contribution in [-0.2, 0) is 6.42 Å². The summed E-state index contributed by atoms with van der Waals surface area (Å²) in [6.07, 6.45) is 3.71. The molecule has 0 atom stereocenters. The molecule has 0 unspecified atom stereocenters. The summed E-state index contributed by atoms with van der Waals surface area (Å²) in [6.45, 7) is 3.79. The van der Waals surface area contributed by atoms with Crippen molar-refractivity contribution in [3.63, 3.8) is 0 Å². The summed E-state index contributed by atoms with van der Waals surface area (Å²) in [6, 6.07) is 3.39. The maximum atomic E-state index is 12.0. The molecule has 3 N–H and O–H groups in total. The number of rotatable bonds is 3. The van der Waals surface area contributed by atoms with Gasteiger partial charge in [-0.1, -0.05) is 6.92 Å². The summed E-state index contributed by atoms with van der Waals surface area (Å²) in [4.78, 5) is 16.1. The molecular formula is C13H15N3O2. The Morgan fingerprint density at radius 1 is 1.56 bits per heavy atom. The van der Waals surface area contributed by atoms with Gasteiger partial charge in [-0.25, -0.2) is 4.98 Å². The second kappa shape index (κ2) is 4.91. The number of nitrogens with two attached hydrogens (primary N) is 1. The largest absolute Gasteiger partial charge is 0.469 e. The van der Waals surface area contributed by atoms with Gasteiger partial charge < -0.3 is 15.5 Å². The van der Waals surface area contributed by atoms with Crippen LogP contribution in [0.2, 0.25) is 0 Å². The number of nitrogens with zero attached hydrogens (tertiary/aromatic N) is 1. The van der Waals surface area contributed by atoms with Crippen molar-refractivity contribution >= 4 is 17.4 Å². The van der Waals surface area contributed by atoms with E-state index >= 15 is 0 Å². The lowest BCUT2D eigenvalue weighted by Gasteiger charge is -2.06. The van der Waals surface area contributed by atoms with Crippen LogP contribution in [0, 0.1) is 6.92 Å². The number of aromatic nitrogens is 1. The van der Waals surface area contributed by atoms with Gasteiger partial charge in [-0.15, -0.1) is 0 Å². The molecule has 18 heavy (non-hydrogen) atoms. The SMILES string of the molecule is CCc1occc1C(=O)Nc1cc(C)c(N)cn1. The molecule has 5 nitrogen and oxygen atoms in total. The Morgan fingerprint density at radius 2 is 2.33 bits per heavy atom. The molecule has 2 rings (SSSR count). The molecule has 0 aliphatic carbocycles. The van der Waals surface area contributed by atoms with E-state index in [9.17, 15) is 4.79 Å². The van der Waals surface area contributed by atoms with E-state index in [1.165, 1.54) is 12.5 Å². The zero-order chi connectivity index (χ0) is 13.1. The Hall–Kier alpha value is -2.30. The average molecular weight is 245 g/mol. The number of carbonyl (C=O) groups is 1. The molecule has 0 fully saturated rings. The van der Waals surface area contributed by atoms with Crippen LogP contribution in [0.3, 0.4) is 0 Å². The van der Waals surface area contributed by atoms with Gasteiger partial charge in [0.2, 0.25) is 0 Å². The van der Waals surface area contributed by atoms with Crippen LogP contribution in [0.15, 0.2) is 29.0 Å². The highest BCUT2D eigenvalue weighted by molar-refractivity contribution is 6.04. The molecule has 0 radical (unpaired) electrons. The van der Waals surface area contributed by atoms with Crippen molar-refractivity contribution in [1.82, 2.24) is 4.98 Å². The molecule has 94 valence electrons. The van der Waals surface area contributed by atoms with Crippen molar-refractivity contribution in [1.29, 1.82) is 0 Å². The predicted octanol–water partition coefficient (Wildman–Crippen LogP) is 2.38. The number of nitrogens with one attached hydrogen (secondary N) is 1. The molecule has 0 spiro atoms. The Bertz CT molecular complexity index is 575. The van der Waals surface area contributed by atoms with Gasteiger partial charge in [-0.3, -0.25) is 4.79 Å². The third-order valence-electron chi connectivity index (χ3n) is 2.70. The summed E-state index contributed by atoms with van der Waals surface area (Å²) >= 11 is 0. The van der Waals surface area contributed by atoms with Crippen LogP contribution in [0.5, 0.6) is 0 Å². The number of hydrogen-bond donors (Lipinski definition) is 2. The van der Waals surface area contributed by atoms with Crippen molar-refractivity contribution in [3.05, 3.63) is 41.5 Å². The van der Waals surface area contributed by atoms with Gasteiger partial charge in [0.05, 0.1) is 23.7 Å². The molecule has 0 aliphatic rings. The number of hydrogen-bond acceptors (Lipinski definition) is 4. The van der Waals surface area contributed by atoms with Crippen LogP contribution < -0.4 is 11.1 Å². The fourth-order valence-electron chi connectivity index (χ4n) is 1.64. The lowest BCUT2D eigenvalue weighted by atomic mass is 10.2. The first-order valence-electron chi connectivity index (χ1n) is 5.71. The van der Waals surface area contributed by atoms with Crippen molar-refractivity contribution in [3.8, 4) is 0 Å². The summed E-state index contributed by atoms with van der Waals surface area (Å²) in [5.41, 5.74) is 7.69. The topological polar surface area (TPSA) is 81.2 Å². The quantitative estimate of drug-likeness (QED) is 0.869. The van der Waals surface area contributed by atoms with E-state index in [2.05, 4.69) is 10.3 Å². The van der Waals surface area contributed by atoms with Gasteiger partial charge in [0.1, 0.15) is 11.6 Å². The Morgan fingerprint density at radius 3 is 3.00 bits per heavy atom. The Labute approximate surface area is 105 Å². The second-order valence-electron chi connectivity index (χ2n) is 3.99. The molecular weight excluding hydrogens is 230 g/mol. The highest BCUT2D eigenvalue weighted by atomic mass is 16.3. The molecule has 0 aliphatic heterocycles. The van der Waals surface area contributed by atoms with E-state index in [0.29, 0.717) is 29.2 Å². The first-order valence-corrected chi connectivity index (χ1v) is 5.71. The van der Waals surface area contributed by atoms with Gasteiger partial charge >= 0.3 is 0 Å². The van der Waals surface area contributed by atoms with Crippen LogP contribution in [0.4, 0.5) is 11.5 Å². The molecule has 0 saturated carbocycles. The molecule has 2 aromatic heterocycles. The van der Waals surface area contributed by atoms with Gasteiger partial charge in [0, 0.05) is 6.42 Å². The second-order valence-corrected chi connectivity index (χ2v) is 3.99. The molecule has 0 bridgehead atoms. The maximum Gasteiger partial charge on any atom is 0.260 e. The fraction of sp³-hybridized carbons (Fsp3) is 0.231. The minimum absolute atomic E-state index is 0.225. The minimum Gasteiger partial charge on any atom is -0.469 e. The number of nitrogen functional groups attached to an aromatic ring is 1. The predicted molar refractivity (Wildman–Crippen MR) is 69.4 cm³/mol. The number of anilines is 2. The molecule has 2 aromatic rings. The normalized spacial score (nSPS) is 10.3.